The Kier molecular flexibility index (Phi) is 4.34. The van der Waals surface area contributed by atoms with E-state index in [1.807, 2.05) is 17.4 Å². The first kappa shape index (κ1) is 14.3. The average molecular weight is 302 g/mol. The lowest BCUT2D eigenvalue weighted by atomic mass is 10.2. The van der Waals surface area contributed by atoms with Gasteiger partial charge in [0.1, 0.15) is 5.75 Å². The van der Waals surface area contributed by atoms with Gasteiger partial charge in [0.25, 0.3) is 0 Å². The molecule has 1 aromatic carbocycles. The number of benzene rings is 1. The normalized spacial score (nSPS) is 14.1. The van der Waals surface area contributed by atoms with Gasteiger partial charge in [-0.05, 0) is 42.8 Å². The maximum atomic E-state index is 6.02. The molecule has 0 amide bonds. The van der Waals surface area contributed by atoms with Crippen molar-refractivity contribution in [3.63, 3.8) is 0 Å². The standard InChI is InChI=1S/C17H22N2OS/c1-2-9-20-17-11-14(7-8-16(17)18)19(13-5-6-13)12-15-4-3-10-21-15/h3-4,7-8,10-11,13H,2,5-6,9,12,18H2,1H3. The molecule has 4 heteroatoms. The van der Waals surface area contributed by atoms with Crippen molar-refractivity contribution >= 4 is 22.7 Å². The Morgan fingerprint density at radius 3 is 2.86 bits per heavy atom. The van der Waals surface area contributed by atoms with E-state index in [0.29, 0.717) is 12.6 Å². The Hall–Kier alpha value is -1.68. The van der Waals surface area contributed by atoms with Crippen LogP contribution in [0.25, 0.3) is 0 Å². The zero-order valence-corrected chi connectivity index (χ0v) is 13.2. The zero-order chi connectivity index (χ0) is 14.7. The molecule has 0 aliphatic heterocycles. The molecule has 0 radical (unpaired) electrons. The molecule has 3 rings (SSSR count). The third-order valence-corrected chi connectivity index (χ3v) is 4.55. The Morgan fingerprint density at radius 2 is 2.19 bits per heavy atom. The van der Waals surface area contributed by atoms with Gasteiger partial charge in [0.05, 0.1) is 18.8 Å². The minimum Gasteiger partial charge on any atom is -0.491 e. The zero-order valence-electron chi connectivity index (χ0n) is 12.4. The number of thiophene rings is 1. The van der Waals surface area contributed by atoms with Crippen LogP contribution in [-0.2, 0) is 6.54 Å². The maximum absolute atomic E-state index is 6.02. The van der Waals surface area contributed by atoms with Crippen LogP contribution >= 0.6 is 11.3 Å². The Bertz CT molecular complexity index is 578. The van der Waals surface area contributed by atoms with Crippen LogP contribution in [0.15, 0.2) is 35.7 Å². The number of nitrogens with zero attached hydrogens (tertiary/aromatic N) is 1. The van der Waals surface area contributed by atoms with E-state index in [4.69, 9.17) is 10.5 Å². The number of ether oxygens (including phenoxy) is 1. The fraction of sp³-hybridized carbons (Fsp3) is 0.412. The lowest BCUT2D eigenvalue weighted by Crippen LogP contribution is -2.24. The molecule has 3 nitrogen and oxygen atoms in total. The van der Waals surface area contributed by atoms with Crippen molar-refractivity contribution in [1.29, 1.82) is 0 Å². The number of nitrogens with two attached hydrogens (primary N) is 1. The van der Waals surface area contributed by atoms with E-state index < -0.39 is 0 Å². The summed E-state index contributed by atoms with van der Waals surface area (Å²) < 4.78 is 5.76. The summed E-state index contributed by atoms with van der Waals surface area (Å²) in [6.07, 6.45) is 3.55. The quantitative estimate of drug-likeness (QED) is 0.775. The molecule has 0 bridgehead atoms. The molecule has 0 atom stereocenters. The second-order valence-electron chi connectivity index (χ2n) is 5.51. The molecule has 0 saturated heterocycles. The molecule has 0 spiro atoms. The molecule has 21 heavy (non-hydrogen) atoms. The highest BCUT2D eigenvalue weighted by Gasteiger charge is 2.29. The molecule has 2 aromatic rings. The van der Waals surface area contributed by atoms with Crippen molar-refractivity contribution in [2.24, 2.45) is 0 Å². The van der Waals surface area contributed by atoms with Gasteiger partial charge in [-0.2, -0.15) is 0 Å². The van der Waals surface area contributed by atoms with Crippen LogP contribution < -0.4 is 15.4 Å². The van der Waals surface area contributed by atoms with Crippen molar-refractivity contribution < 1.29 is 4.74 Å². The Balaban J connectivity index is 1.81. The van der Waals surface area contributed by atoms with E-state index in [1.54, 1.807) is 0 Å². The topological polar surface area (TPSA) is 38.5 Å². The van der Waals surface area contributed by atoms with Gasteiger partial charge in [0.2, 0.25) is 0 Å². The van der Waals surface area contributed by atoms with Gasteiger partial charge in [0.15, 0.2) is 0 Å². The van der Waals surface area contributed by atoms with Crippen molar-refractivity contribution in [2.45, 2.75) is 38.8 Å². The predicted octanol–water partition coefficient (Wildman–Crippen LogP) is 4.29. The highest BCUT2D eigenvalue weighted by atomic mass is 32.1. The highest BCUT2D eigenvalue weighted by molar-refractivity contribution is 7.09. The molecule has 1 aliphatic carbocycles. The summed E-state index contributed by atoms with van der Waals surface area (Å²) in [6, 6.07) is 11.1. The van der Waals surface area contributed by atoms with Crippen LogP contribution in [0.2, 0.25) is 0 Å². The molecule has 1 aromatic heterocycles. The molecule has 1 aliphatic rings. The van der Waals surface area contributed by atoms with Crippen LogP contribution in [0.1, 0.15) is 31.1 Å². The van der Waals surface area contributed by atoms with E-state index in [1.165, 1.54) is 23.4 Å². The minimum atomic E-state index is 0.662. The second-order valence-corrected chi connectivity index (χ2v) is 6.54. The van der Waals surface area contributed by atoms with Gasteiger partial charge >= 0.3 is 0 Å². The average Bonchev–Trinajstić information content (AvgIpc) is 3.21. The number of rotatable bonds is 7. The van der Waals surface area contributed by atoms with Crippen molar-refractivity contribution in [2.75, 3.05) is 17.2 Å². The highest BCUT2D eigenvalue weighted by Crippen LogP contribution is 2.36. The first-order valence-electron chi connectivity index (χ1n) is 7.59. The fourth-order valence-corrected chi connectivity index (χ4v) is 3.13. The summed E-state index contributed by atoms with van der Waals surface area (Å²) >= 11 is 1.81. The van der Waals surface area contributed by atoms with Crippen molar-refractivity contribution in [1.82, 2.24) is 0 Å². The summed E-state index contributed by atoms with van der Waals surface area (Å²) in [5, 5.41) is 2.14. The molecular weight excluding hydrogens is 280 g/mol. The number of hydrogen-bond acceptors (Lipinski definition) is 4. The summed E-state index contributed by atoms with van der Waals surface area (Å²) in [5.41, 5.74) is 7.95. The van der Waals surface area contributed by atoms with Crippen molar-refractivity contribution in [3.05, 3.63) is 40.6 Å². The summed E-state index contributed by atoms with van der Waals surface area (Å²) in [7, 11) is 0. The predicted molar refractivity (Wildman–Crippen MR) is 90.2 cm³/mol. The summed E-state index contributed by atoms with van der Waals surface area (Å²) in [4.78, 5) is 3.87. The third kappa shape index (κ3) is 3.50. The van der Waals surface area contributed by atoms with E-state index >= 15 is 0 Å². The van der Waals surface area contributed by atoms with Gasteiger partial charge in [-0.1, -0.05) is 13.0 Å². The Labute approximate surface area is 130 Å². The third-order valence-electron chi connectivity index (χ3n) is 3.68. The molecule has 112 valence electrons. The van der Waals surface area contributed by atoms with E-state index in [0.717, 1.165) is 24.4 Å². The molecule has 1 saturated carbocycles. The monoisotopic (exact) mass is 302 g/mol. The van der Waals surface area contributed by atoms with Crippen LogP contribution in [0.3, 0.4) is 0 Å². The van der Waals surface area contributed by atoms with Gasteiger partial charge < -0.3 is 15.4 Å². The van der Waals surface area contributed by atoms with Gasteiger partial charge in [-0.3, -0.25) is 0 Å². The smallest absolute Gasteiger partial charge is 0.144 e. The number of hydrogen-bond donors (Lipinski definition) is 1. The van der Waals surface area contributed by atoms with Crippen LogP contribution in [-0.4, -0.2) is 12.6 Å². The lowest BCUT2D eigenvalue weighted by Gasteiger charge is -2.25. The fourth-order valence-electron chi connectivity index (χ4n) is 2.43. The van der Waals surface area contributed by atoms with E-state index in [9.17, 15) is 0 Å². The van der Waals surface area contributed by atoms with Crippen LogP contribution in [0.4, 0.5) is 11.4 Å². The SMILES string of the molecule is CCCOc1cc(N(Cc2cccs2)C2CC2)ccc1N. The Morgan fingerprint density at radius 1 is 1.33 bits per heavy atom. The molecular formula is C17H22N2OS. The summed E-state index contributed by atoms with van der Waals surface area (Å²) in [5.74, 6) is 0.811. The van der Waals surface area contributed by atoms with Crippen LogP contribution in [0.5, 0.6) is 5.75 Å². The lowest BCUT2D eigenvalue weighted by molar-refractivity contribution is 0.319. The summed E-state index contributed by atoms with van der Waals surface area (Å²) in [6.45, 7) is 3.79. The molecule has 1 heterocycles. The second kappa shape index (κ2) is 6.39. The van der Waals surface area contributed by atoms with Crippen LogP contribution in [0, 0.1) is 0 Å². The van der Waals surface area contributed by atoms with Crippen molar-refractivity contribution in [3.8, 4) is 5.75 Å². The van der Waals surface area contributed by atoms with Gasteiger partial charge in [0, 0.05) is 22.7 Å². The molecule has 0 unspecified atom stereocenters. The minimum absolute atomic E-state index is 0.662. The first-order valence-corrected chi connectivity index (χ1v) is 8.47. The number of anilines is 2. The van der Waals surface area contributed by atoms with Gasteiger partial charge in [-0.25, -0.2) is 0 Å². The number of nitrogen functional groups attached to an aromatic ring is 1. The maximum Gasteiger partial charge on any atom is 0.144 e. The molecule has 2 N–H and O–H groups in total. The molecule has 1 fully saturated rings. The van der Waals surface area contributed by atoms with Gasteiger partial charge in [-0.15, -0.1) is 11.3 Å². The first-order chi connectivity index (χ1) is 10.3. The largest absolute Gasteiger partial charge is 0.491 e. The van der Waals surface area contributed by atoms with E-state index in [2.05, 4.69) is 41.5 Å². The van der Waals surface area contributed by atoms with E-state index in [-0.39, 0.29) is 0 Å².